The Kier molecular flexibility index (Phi) is 33.7. The number of esters is 2. The van der Waals surface area contributed by atoms with E-state index in [2.05, 4.69) is 50.3 Å². The van der Waals surface area contributed by atoms with E-state index in [4.69, 9.17) is 14.2 Å². The van der Waals surface area contributed by atoms with E-state index < -0.39 is 6.10 Å². The van der Waals surface area contributed by atoms with Crippen LogP contribution in [0.2, 0.25) is 0 Å². The third-order valence-corrected chi connectivity index (χ3v) is 9.84. The van der Waals surface area contributed by atoms with Gasteiger partial charge >= 0.3 is 11.9 Å². The molecule has 1 aliphatic heterocycles. The Hall–Kier alpha value is -1.92. The quantitative estimate of drug-likeness (QED) is 0.0296. The number of carbonyl (C=O) groups is 2. The van der Waals surface area contributed by atoms with Crippen LogP contribution >= 0.6 is 0 Å². The van der Waals surface area contributed by atoms with Crippen molar-refractivity contribution in [1.29, 1.82) is 0 Å². The lowest BCUT2D eigenvalue weighted by atomic mass is 10.0. The second-order valence-corrected chi connectivity index (χ2v) is 14.8. The van der Waals surface area contributed by atoms with Gasteiger partial charge in [-0.25, -0.2) is 0 Å². The second kappa shape index (κ2) is 36.4. The zero-order valence-corrected chi connectivity index (χ0v) is 33.3. The summed E-state index contributed by atoms with van der Waals surface area (Å²) in [7, 11) is 0. The Morgan fingerprint density at radius 3 is 1.53 bits per heavy atom. The Bertz CT molecular complexity index is 880. The molecule has 0 aliphatic carbocycles. The largest absolute Gasteiger partial charge is 0.462 e. The third kappa shape index (κ3) is 32.5. The number of aliphatic hydroxyl groups excluding tert-OH is 1. The average Bonchev–Trinajstić information content (AvgIpc) is 3.89. The van der Waals surface area contributed by atoms with Crippen molar-refractivity contribution in [3.05, 3.63) is 36.5 Å². The minimum Gasteiger partial charge on any atom is -0.462 e. The van der Waals surface area contributed by atoms with Gasteiger partial charge in [0.1, 0.15) is 6.61 Å². The SMILES string of the molecule is CCCCC/C=C\CC1OC1C/C=C\C/C=C\CCCC(=O)O[C@@H](CO)COC(=O)CCCCCCCCCCCCCCCCCCCCC. The number of unbranched alkanes of at least 4 members (excludes halogenated alkanes) is 22. The summed E-state index contributed by atoms with van der Waals surface area (Å²) in [4.78, 5) is 24.3. The smallest absolute Gasteiger partial charge is 0.306 e. The summed E-state index contributed by atoms with van der Waals surface area (Å²) in [6, 6.07) is 0. The van der Waals surface area contributed by atoms with Gasteiger partial charge in [-0.15, -0.1) is 0 Å². The van der Waals surface area contributed by atoms with Crippen LogP contribution in [0, 0.1) is 0 Å². The average molecular weight is 717 g/mol. The van der Waals surface area contributed by atoms with Crippen molar-refractivity contribution in [2.24, 2.45) is 0 Å². The maximum absolute atomic E-state index is 12.2. The molecular weight excluding hydrogens is 636 g/mol. The summed E-state index contributed by atoms with van der Waals surface area (Å²) < 4.78 is 16.3. The summed E-state index contributed by atoms with van der Waals surface area (Å²) in [5.74, 6) is -0.655. The molecule has 51 heavy (non-hydrogen) atoms. The van der Waals surface area contributed by atoms with Gasteiger partial charge in [-0.05, 0) is 51.4 Å². The molecule has 0 saturated carbocycles. The van der Waals surface area contributed by atoms with Gasteiger partial charge in [-0.3, -0.25) is 9.59 Å². The topological polar surface area (TPSA) is 85.4 Å². The van der Waals surface area contributed by atoms with Crippen molar-refractivity contribution in [2.75, 3.05) is 13.2 Å². The first-order chi connectivity index (χ1) is 25.1. The molecular formula is C45H80O6. The molecule has 0 aromatic carbocycles. The van der Waals surface area contributed by atoms with Crippen LogP contribution in [0.25, 0.3) is 0 Å². The maximum Gasteiger partial charge on any atom is 0.306 e. The van der Waals surface area contributed by atoms with Crippen molar-refractivity contribution in [1.82, 2.24) is 0 Å². The van der Waals surface area contributed by atoms with Crippen LogP contribution in [0.5, 0.6) is 0 Å². The molecule has 1 saturated heterocycles. The molecule has 1 N–H and O–H groups in total. The van der Waals surface area contributed by atoms with Crippen LogP contribution < -0.4 is 0 Å². The Morgan fingerprint density at radius 2 is 0.980 bits per heavy atom. The van der Waals surface area contributed by atoms with E-state index in [1.807, 2.05) is 0 Å². The highest BCUT2D eigenvalue weighted by molar-refractivity contribution is 5.70. The molecule has 1 rings (SSSR count). The van der Waals surface area contributed by atoms with Gasteiger partial charge < -0.3 is 19.3 Å². The van der Waals surface area contributed by atoms with Gasteiger partial charge in [-0.2, -0.15) is 0 Å². The van der Waals surface area contributed by atoms with Crippen molar-refractivity contribution in [3.8, 4) is 0 Å². The Balaban J connectivity index is 1.88. The van der Waals surface area contributed by atoms with E-state index in [-0.39, 0.29) is 31.6 Å². The fraction of sp³-hybridized carbons (Fsp3) is 0.822. The monoisotopic (exact) mass is 717 g/mol. The first-order valence-electron chi connectivity index (χ1n) is 21.7. The van der Waals surface area contributed by atoms with Gasteiger partial charge in [-0.1, -0.05) is 179 Å². The van der Waals surface area contributed by atoms with Crippen LogP contribution in [0.4, 0.5) is 0 Å². The van der Waals surface area contributed by atoms with Gasteiger partial charge in [0.15, 0.2) is 6.10 Å². The molecule has 1 heterocycles. The minimum absolute atomic E-state index is 0.0885. The molecule has 0 spiro atoms. The third-order valence-electron chi connectivity index (χ3n) is 9.84. The molecule has 1 aliphatic rings. The number of carbonyl (C=O) groups excluding carboxylic acids is 2. The van der Waals surface area contributed by atoms with Crippen LogP contribution in [-0.2, 0) is 23.8 Å². The second-order valence-electron chi connectivity index (χ2n) is 14.8. The summed E-state index contributed by atoms with van der Waals surface area (Å²) in [6.45, 7) is 4.07. The van der Waals surface area contributed by atoms with Crippen LogP contribution in [0.15, 0.2) is 36.5 Å². The van der Waals surface area contributed by atoms with Gasteiger partial charge in [0, 0.05) is 12.8 Å². The molecule has 0 aromatic heterocycles. The van der Waals surface area contributed by atoms with E-state index >= 15 is 0 Å². The summed E-state index contributed by atoms with van der Waals surface area (Å²) in [5, 5.41) is 9.58. The lowest BCUT2D eigenvalue weighted by molar-refractivity contribution is -0.161. The highest BCUT2D eigenvalue weighted by atomic mass is 16.6. The number of epoxide rings is 1. The first kappa shape index (κ1) is 47.1. The van der Waals surface area contributed by atoms with E-state index in [0.717, 1.165) is 44.9 Å². The molecule has 6 nitrogen and oxygen atoms in total. The summed E-state index contributed by atoms with van der Waals surface area (Å²) in [6.07, 6.45) is 48.2. The number of rotatable bonds is 38. The van der Waals surface area contributed by atoms with Gasteiger partial charge in [0.25, 0.3) is 0 Å². The molecule has 0 aromatic rings. The fourth-order valence-electron chi connectivity index (χ4n) is 6.41. The van der Waals surface area contributed by atoms with Gasteiger partial charge in [0.05, 0.1) is 18.8 Å². The minimum atomic E-state index is -0.802. The molecule has 3 atom stereocenters. The van der Waals surface area contributed by atoms with Gasteiger partial charge in [0.2, 0.25) is 0 Å². The predicted octanol–water partition coefficient (Wildman–Crippen LogP) is 12.6. The van der Waals surface area contributed by atoms with E-state index in [9.17, 15) is 14.7 Å². The van der Waals surface area contributed by atoms with Crippen molar-refractivity contribution in [2.45, 2.75) is 225 Å². The Morgan fingerprint density at radius 1 is 0.549 bits per heavy atom. The molecule has 2 unspecified atom stereocenters. The van der Waals surface area contributed by atoms with E-state index in [1.165, 1.54) is 128 Å². The fourth-order valence-corrected chi connectivity index (χ4v) is 6.41. The lowest BCUT2D eigenvalue weighted by Crippen LogP contribution is -2.28. The van der Waals surface area contributed by atoms with Crippen molar-refractivity contribution in [3.63, 3.8) is 0 Å². The molecule has 296 valence electrons. The maximum atomic E-state index is 12.2. The summed E-state index contributed by atoms with van der Waals surface area (Å²) >= 11 is 0. The number of hydrogen-bond acceptors (Lipinski definition) is 6. The Labute approximate surface area is 314 Å². The number of hydrogen-bond donors (Lipinski definition) is 1. The molecule has 1 fully saturated rings. The lowest BCUT2D eigenvalue weighted by Gasteiger charge is -2.15. The summed E-state index contributed by atoms with van der Waals surface area (Å²) in [5.41, 5.74) is 0. The molecule has 0 radical (unpaired) electrons. The highest BCUT2D eigenvalue weighted by Gasteiger charge is 2.35. The number of aliphatic hydroxyl groups is 1. The normalized spacial score (nSPS) is 16.5. The highest BCUT2D eigenvalue weighted by Crippen LogP contribution is 2.29. The van der Waals surface area contributed by atoms with Crippen molar-refractivity contribution < 1.29 is 28.9 Å². The van der Waals surface area contributed by atoms with E-state index in [1.54, 1.807) is 0 Å². The number of ether oxygens (including phenoxy) is 3. The zero-order chi connectivity index (χ0) is 36.9. The molecule has 0 bridgehead atoms. The standard InChI is InChI=1S/C45H80O6/c1-3-5-7-9-11-12-13-14-15-16-17-18-19-20-21-22-25-29-33-37-44(47)49-40-41(39-46)50-45(48)38-34-30-26-23-24-28-32-36-43-42(51-43)35-31-27-10-8-6-4-2/h23,26-28,31-32,41-43,46H,3-22,24-25,29-30,33-40H2,1-2H3/b26-23-,31-27-,32-28-/t41-,42?,43?/m0/s1. The van der Waals surface area contributed by atoms with E-state index in [0.29, 0.717) is 25.0 Å². The van der Waals surface area contributed by atoms with Crippen molar-refractivity contribution >= 4 is 11.9 Å². The first-order valence-corrected chi connectivity index (χ1v) is 21.7. The molecule has 6 heteroatoms. The van der Waals surface area contributed by atoms with Crippen LogP contribution in [0.1, 0.15) is 206 Å². The number of allylic oxidation sites excluding steroid dienone is 4. The zero-order valence-electron chi connectivity index (χ0n) is 33.3. The predicted molar refractivity (Wildman–Crippen MR) is 214 cm³/mol. The van der Waals surface area contributed by atoms with Crippen LogP contribution in [0.3, 0.4) is 0 Å². The van der Waals surface area contributed by atoms with Crippen LogP contribution in [-0.4, -0.2) is 48.6 Å². The molecule has 0 amide bonds.